The van der Waals surface area contributed by atoms with E-state index in [1.807, 2.05) is 6.07 Å². The van der Waals surface area contributed by atoms with Gasteiger partial charge in [0.15, 0.2) is 5.96 Å². The molecule has 1 aromatic carbocycles. The number of likely N-dealkylation sites (N-methyl/N-ethyl adjacent to an activating group) is 1. The molecule has 1 aliphatic heterocycles. The number of halogens is 1. The van der Waals surface area contributed by atoms with Crippen LogP contribution in [0.15, 0.2) is 46.8 Å². The van der Waals surface area contributed by atoms with Gasteiger partial charge >= 0.3 is 0 Å². The molecule has 2 heterocycles. The number of aliphatic imine (C=N–C) groups is 1. The van der Waals surface area contributed by atoms with Gasteiger partial charge in [0, 0.05) is 44.6 Å². The molecule has 0 aliphatic carbocycles. The molecule has 1 amide bonds. The molecule has 1 aliphatic rings. The van der Waals surface area contributed by atoms with Crippen LogP contribution in [0.3, 0.4) is 0 Å². The second kappa shape index (κ2) is 13.0. The Labute approximate surface area is 207 Å². The smallest absolute Gasteiger partial charge is 0.243 e. The van der Waals surface area contributed by atoms with E-state index in [2.05, 4.69) is 63.2 Å². The first kappa shape index (κ1) is 25.6. The van der Waals surface area contributed by atoms with Gasteiger partial charge in [0.2, 0.25) is 5.91 Å². The van der Waals surface area contributed by atoms with Crippen molar-refractivity contribution < 1.29 is 4.79 Å². The number of thiophene rings is 1. The first-order chi connectivity index (χ1) is 14.5. The molecule has 0 atom stereocenters. The molecule has 3 rings (SSSR count). The molecule has 0 unspecified atom stereocenters. The molecule has 2 N–H and O–H groups in total. The highest BCUT2D eigenvalue weighted by molar-refractivity contribution is 14.0. The molecule has 0 saturated carbocycles. The van der Waals surface area contributed by atoms with Crippen molar-refractivity contribution in [3.63, 3.8) is 0 Å². The van der Waals surface area contributed by atoms with E-state index >= 15 is 0 Å². The molecule has 1 saturated heterocycles. The van der Waals surface area contributed by atoms with Gasteiger partial charge in [-0.15, -0.1) is 35.3 Å². The van der Waals surface area contributed by atoms with Gasteiger partial charge in [0.25, 0.3) is 0 Å². The van der Waals surface area contributed by atoms with Crippen molar-refractivity contribution in [1.82, 2.24) is 20.4 Å². The first-order valence-electron chi connectivity index (χ1n) is 10.6. The summed E-state index contributed by atoms with van der Waals surface area (Å²) in [5.74, 6) is 0.719. The number of carbonyl (C=O) groups is 1. The largest absolute Gasteiger partial charge is 0.354 e. The lowest BCUT2D eigenvalue weighted by Gasteiger charge is -2.33. The molecular formula is C23H34IN5OS. The normalized spacial score (nSPS) is 15.3. The summed E-state index contributed by atoms with van der Waals surface area (Å²) in [5, 5.41) is 9.01. The number of nitrogens with one attached hydrogen (secondary N) is 2. The summed E-state index contributed by atoms with van der Waals surface area (Å²) in [6, 6.07) is 13.1. The van der Waals surface area contributed by atoms with Crippen molar-refractivity contribution in [2.24, 2.45) is 4.99 Å². The third-order valence-corrected chi connectivity index (χ3v) is 6.34. The van der Waals surface area contributed by atoms with Crippen LogP contribution in [0.25, 0.3) is 0 Å². The molecular weight excluding hydrogens is 521 g/mol. The summed E-state index contributed by atoms with van der Waals surface area (Å²) in [5.41, 5.74) is 2.77. The fourth-order valence-electron chi connectivity index (χ4n) is 3.48. The third kappa shape index (κ3) is 8.42. The highest BCUT2D eigenvalue weighted by Crippen LogP contribution is 2.16. The number of carbonyl (C=O) groups excluding carboxylic acids is 1. The fraction of sp³-hybridized carbons (Fsp3) is 0.478. The Kier molecular flexibility index (Phi) is 10.8. The van der Waals surface area contributed by atoms with Gasteiger partial charge in [-0.1, -0.05) is 30.3 Å². The number of benzene rings is 1. The van der Waals surface area contributed by atoms with E-state index in [1.165, 1.54) is 16.0 Å². The zero-order chi connectivity index (χ0) is 21.3. The minimum Gasteiger partial charge on any atom is -0.354 e. The Morgan fingerprint density at radius 3 is 2.58 bits per heavy atom. The summed E-state index contributed by atoms with van der Waals surface area (Å²) in [6.45, 7) is 6.17. The van der Waals surface area contributed by atoms with Gasteiger partial charge in [-0.3, -0.25) is 9.69 Å². The van der Waals surface area contributed by atoms with Crippen LogP contribution in [0.2, 0.25) is 0 Å². The Morgan fingerprint density at radius 1 is 1.19 bits per heavy atom. The highest BCUT2D eigenvalue weighted by Gasteiger charge is 2.20. The number of nitrogens with zero attached hydrogens (tertiary/aromatic N) is 3. The Morgan fingerprint density at radius 2 is 1.94 bits per heavy atom. The van der Waals surface area contributed by atoms with Crippen LogP contribution in [-0.4, -0.2) is 61.4 Å². The Balaban J connectivity index is 0.00000341. The van der Waals surface area contributed by atoms with Gasteiger partial charge in [-0.25, -0.2) is 4.99 Å². The molecule has 1 aromatic heterocycles. The number of amides is 1. The van der Waals surface area contributed by atoms with Crippen LogP contribution >= 0.6 is 35.3 Å². The molecule has 31 heavy (non-hydrogen) atoms. The van der Waals surface area contributed by atoms with Crippen LogP contribution in [0.1, 0.15) is 28.8 Å². The molecule has 0 radical (unpaired) electrons. The second-order valence-corrected chi connectivity index (χ2v) is 9.04. The molecule has 6 nitrogen and oxygen atoms in total. The van der Waals surface area contributed by atoms with Gasteiger partial charge < -0.3 is 15.5 Å². The van der Waals surface area contributed by atoms with E-state index in [0.29, 0.717) is 12.6 Å². The zero-order valence-electron chi connectivity index (χ0n) is 18.6. The van der Waals surface area contributed by atoms with Crippen LogP contribution in [0.5, 0.6) is 0 Å². The minimum atomic E-state index is 0. The molecule has 1 fully saturated rings. The molecule has 170 valence electrons. The summed E-state index contributed by atoms with van der Waals surface area (Å²) >= 11 is 1.72. The SMILES string of the molecule is Cc1ccccc1CN1CCC(NC(=NCC(=O)N(C)C)NCc2cccs2)CC1.I. The second-order valence-electron chi connectivity index (χ2n) is 8.01. The Bertz CT molecular complexity index is 832. The third-order valence-electron chi connectivity index (χ3n) is 5.47. The number of hydrogen-bond donors (Lipinski definition) is 2. The highest BCUT2D eigenvalue weighted by atomic mass is 127. The lowest BCUT2D eigenvalue weighted by molar-refractivity contribution is -0.127. The van der Waals surface area contributed by atoms with Gasteiger partial charge in [0.1, 0.15) is 6.54 Å². The maximum Gasteiger partial charge on any atom is 0.243 e. The number of likely N-dealkylation sites (tertiary alicyclic amines) is 1. The first-order valence-corrected chi connectivity index (χ1v) is 11.4. The predicted octanol–water partition coefficient (Wildman–Crippen LogP) is 3.46. The van der Waals surface area contributed by atoms with E-state index in [-0.39, 0.29) is 36.4 Å². The number of aryl methyl sites for hydroxylation is 1. The topological polar surface area (TPSA) is 60.0 Å². The fourth-order valence-corrected chi connectivity index (χ4v) is 4.13. The quantitative estimate of drug-likeness (QED) is 0.312. The van der Waals surface area contributed by atoms with E-state index in [4.69, 9.17) is 0 Å². The monoisotopic (exact) mass is 555 g/mol. The van der Waals surface area contributed by atoms with Crippen molar-refractivity contribution in [1.29, 1.82) is 0 Å². The number of guanidine groups is 1. The van der Waals surface area contributed by atoms with Crippen LogP contribution < -0.4 is 10.6 Å². The van der Waals surface area contributed by atoms with E-state index in [0.717, 1.165) is 38.4 Å². The standard InChI is InChI=1S/C23H33N5OS.HI/c1-18-7-4-5-8-19(18)17-28-12-10-20(11-13-28)26-23(25-16-22(29)27(2)3)24-15-21-9-6-14-30-21;/h4-9,14,20H,10-13,15-17H2,1-3H3,(H2,24,25,26);1H. The zero-order valence-corrected chi connectivity index (χ0v) is 21.8. The average molecular weight is 556 g/mol. The van der Waals surface area contributed by atoms with Crippen molar-refractivity contribution in [2.45, 2.75) is 38.9 Å². The van der Waals surface area contributed by atoms with Gasteiger partial charge in [-0.2, -0.15) is 0 Å². The molecule has 8 heteroatoms. The van der Waals surface area contributed by atoms with Gasteiger partial charge in [0.05, 0.1) is 6.54 Å². The van der Waals surface area contributed by atoms with Crippen LogP contribution in [0, 0.1) is 6.92 Å². The van der Waals surface area contributed by atoms with Crippen molar-refractivity contribution in [3.05, 3.63) is 57.8 Å². The lowest BCUT2D eigenvalue weighted by Crippen LogP contribution is -2.48. The van der Waals surface area contributed by atoms with Crippen molar-refractivity contribution in [2.75, 3.05) is 33.7 Å². The van der Waals surface area contributed by atoms with E-state index in [1.54, 1.807) is 30.3 Å². The summed E-state index contributed by atoms with van der Waals surface area (Å²) in [4.78, 5) is 21.8. The van der Waals surface area contributed by atoms with Gasteiger partial charge in [-0.05, 0) is 42.3 Å². The summed E-state index contributed by atoms with van der Waals surface area (Å²) in [6.07, 6.45) is 2.13. The maximum atomic E-state index is 12.0. The molecule has 0 spiro atoms. The Hall–Kier alpha value is -1.65. The average Bonchev–Trinajstić information content (AvgIpc) is 3.26. The summed E-state index contributed by atoms with van der Waals surface area (Å²) in [7, 11) is 3.52. The number of hydrogen-bond acceptors (Lipinski definition) is 4. The molecule has 2 aromatic rings. The predicted molar refractivity (Wildman–Crippen MR) is 140 cm³/mol. The van der Waals surface area contributed by atoms with E-state index < -0.39 is 0 Å². The lowest BCUT2D eigenvalue weighted by atomic mass is 10.0. The number of piperidine rings is 1. The summed E-state index contributed by atoms with van der Waals surface area (Å²) < 4.78 is 0. The minimum absolute atomic E-state index is 0. The number of rotatable bonds is 7. The van der Waals surface area contributed by atoms with Crippen LogP contribution in [-0.2, 0) is 17.9 Å². The van der Waals surface area contributed by atoms with Crippen molar-refractivity contribution >= 4 is 47.2 Å². The maximum absolute atomic E-state index is 12.0. The van der Waals surface area contributed by atoms with Crippen molar-refractivity contribution in [3.8, 4) is 0 Å². The van der Waals surface area contributed by atoms with E-state index in [9.17, 15) is 4.79 Å². The van der Waals surface area contributed by atoms with Crippen LogP contribution in [0.4, 0.5) is 0 Å². The molecule has 0 bridgehead atoms.